The zero-order valence-corrected chi connectivity index (χ0v) is 16.1. The van der Waals surface area contributed by atoms with Crippen LogP contribution < -0.4 is 15.1 Å². The second-order valence-corrected chi connectivity index (χ2v) is 7.04. The summed E-state index contributed by atoms with van der Waals surface area (Å²) >= 11 is 0. The highest BCUT2D eigenvalue weighted by atomic mass is 16.5. The van der Waals surface area contributed by atoms with Crippen LogP contribution in [0.3, 0.4) is 0 Å². The number of carbonyl (C=O) groups excluding carboxylic acids is 1. The predicted molar refractivity (Wildman–Crippen MR) is 110 cm³/mol. The minimum Gasteiger partial charge on any atom is -0.495 e. The molecular weight excluding hydrogens is 352 g/mol. The maximum atomic E-state index is 12.9. The Morgan fingerprint density at radius 3 is 2.50 bits per heavy atom. The van der Waals surface area contributed by atoms with E-state index in [1.54, 1.807) is 12.1 Å². The van der Waals surface area contributed by atoms with E-state index in [4.69, 9.17) is 4.74 Å². The molecule has 1 amide bonds. The average Bonchev–Trinajstić information content (AvgIpc) is 3.25. The van der Waals surface area contributed by atoms with Crippen molar-refractivity contribution in [3.05, 3.63) is 72.4 Å². The first-order chi connectivity index (χ1) is 13.8. The Labute approximate surface area is 166 Å². The van der Waals surface area contributed by atoms with E-state index in [0.29, 0.717) is 6.54 Å². The van der Waals surface area contributed by atoms with Gasteiger partial charge in [0.1, 0.15) is 5.75 Å². The Bertz CT molecular complexity index is 831. The number of hydrogen-bond donors (Lipinski definition) is 1. The molecule has 6 heteroatoms. The summed E-state index contributed by atoms with van der Waals surface area (Å²) in [5, 5.41) is 1.72. The van der Waals surface area contributed by atoms with Crippen molar-refractivity contribution in [3.63, 3.8) is 0 Å². The van der Waals surface area contributed by atoms with Crippen molar-refractivity contribution in [1.82, 2.24) is 15.3 Å². The lowest BCUT2D eigenvalue weighted by Gasteiger charge is -2.37. The Morgan fingerprint density at radius 2 is 1.75 bits per heavy atom. The summed E-state index contributed by atoms with van der Waals surface area (Å²) in [6.07, 6.45) is 3.86. The van der Waals surface area contributed by atoms with Crippen LogP contribution in [0.15, 0.2) is 66.9 Å². The molecule has 4 rings (SSSR count). The fourth-order valence-corrected chi connectivity index (χ4v) is 3.82. The zero-order chi connectivity index (χ0) is 19.3. The number of hydrogen-bond acceptors (Lipinski definition) is 5. The van der Waals surface area contributed by atoms with E-state index in [2.05, 4.69) is 21.3 Å². The molecule has 28 heavy (non-hydrogen) atoms. The third kappa shape index (κ3) is 3.82. The van der Waals surface area contributed by atoms with Crippen LogP contribution in [0.2, 0.25) is 0 Å². The molecule has 2 aliphatic heterocycles. The van der Waals surface area contributed by atoms with Crippen molar-refractivity contribution in [3.8, 4) is 5.75 Å². The third-order valence-electron chi connectivity index (χ3n) is 5.34. The van der Waals surface area contributed by atoms with Crippen molar-refractivity contribution >= 4 is 11.6 Å². The molecule has 0 bridgehead atoms. The molecule has 0 radical (unpaired) electrons. The molecule has 0 aromatic heterocycles. The number of anilines is 1. The number of para-hydroxylation sites is 2. The van der Waals surface area contributed by atoms with Gasteiger partial charge in [0, 0.05) is 32.4 Å². The van der Waals surface area contributed by atoms with E-state index < -0.39 is 0 Å². The molecule has 2 aromatic carbocycles. The summed E-state index contributed by atoms with van der Waals surface area (Å²) in [6, 6.07) is 18.1. The molecule has 1 saturated heterocycles. The van der Waals surface area contributed by atoms with Crippen LogP contribution in [-0.2, 0) is 4.79 Å². The van der Waals surface area contributed by atoms with Crippen LogP contribution in [0.1, 0.15) is 11.6 Å². The highest BCUT2D eigenvalue weighted by molar-refractivity contribution is 5.79. The molecule has 2 aliphatic rings. The van der Waals surface area contributed by atoms with E-state index in [0.717, 1.165) is 43.2 Å². The van der Waals surface area contributed by atoms with E-state index in [1.807, 2.05) is 60.8 Å². The molecule has 1 atom stereocenters. The van der Waals surface area contributed by atoms with Gasteiger partial charge in [-0.15, -0.1) is 0 Å². The van der Waals surface area contributed by atoms with Gasteiger partial charge in [-0.25, -0.2) is 5.01 Å². The van der Waals surface area contributed by atoms with Gasteiger partial charge in [-0.3, -0.25) is 9.69 Å². The van der Waals surface area contributed by atoms with Gasteiger partial charge in [0.25, 0.3) is 5.91 Å². The number of rotatable bonds is 5. The van der Waals surface area contributed by atoms with Crippen molar-refractivity contribution in [2.75, 3.05) is 44.7 Å². The number of nitrogens with one attached hydrogen (secondary N) is 1. The van der Waals surface area contributed by atoms with Crippen molar-refractivity contribution in [1.29, 1.82) is 0 Å². The predicted octanol–water partition coefficient (Wildman–Crippen LogP) is 2.42. The number of methoxy groups -OCH3 is 1. The summed E-state index contributed by atoms with van der Waals surface area (Å²) < 4.78 is 5.48. The Hall–Kier alpha value is -2.99. The summed E-state index contributed by atoms with van der Waals surface area (Å²) in [6.45, 7) is 3.86. The van der Waals surface area contributed by atoms with Crippen LogP contribution in [0, 0.1) is 0 Å². The molecular formula is C22H26N4O2. The van der Waals surface area contributed by atoms with Gasteiger partial charge in [-0.2, -0.15) is 0 Å². The topological polar surface area (TPSA) is 48.1 Å². The van der Waals surface area contributed by atoms with Gasteiger partial charge in [0.15, 0.2) is 0 Å². The van der Waals surface area contributed by atoms with Gasteiger partial charge >= 0.3 is 0 Å². The Morgan fingerprint density at radius 1 is 1.04 bits per heavy atom. The monoisotopic (exact) mass is 378 g/mol. The second kappa shape index (κ2) is 8.35. The minimum atomic E-state index is -0.0523. The molecule has 1 fully saturated rings. The summed E-state index contributed by atoms with van der Waals surface area (Å²) in [7, 11) is 1.70. The number of carbonyl (C=O) groups is 1. The SMILES string of the molecule is COc1ccccc1N1CCN(CC(=O)N2NC=C[C@@H]2c2ccccc2)CC1. The normalized spacial score (nSPS) is 19.5. The van der Waals surface area contributed by atoms with Crippen LogP contribution >= 0.6 is 0 Å². The number of benzene rings is 2. The highest BCUT2D eigenvalue weighted by Gasteiger charge is 2.28. The van der Waals surface area contributed by atoms with Gasteiger partial charge in [-0.05, 0) is 23.8 Å². The van der Waals surface area contributed by atoms with Crippen LogP contribution in [-0.4, -0.2) is 55.6 Å². The molecule has 0 saturated carbocycles. The lowest BCUT2D eigenvalue weighted by atomic mass is 10.1. The first-order valence-corrected chi connectivity index (χ1v) is 9.66. The largest absolute Gasteiger partial charge is 0.495 e. The van der Waals surface area contributed by atoms with E-state index >= 15 is 0 Å². The molecule has 146 valence electrons. The first-order valence-electron chi connectivity index (χ1n) is 9.66. The van der Waals surface area contributed by atoms with E-state index in [9.17, 15) is 4.79 Å². The quantitative estimate of drug-likeness (QED) is 0.866. The standard InChI is InChI=1S/C22H26N4O2/c1-28-21-10-6-5-9-20(21)25-15-13-24(14-16-25)17-22(27)26-19(11-12-23-26)18-7-3-2-4-8-18/h2-12,19,23H,13-17H2,1H3/t19-/m1/s1. The molecule has 0 spiro atoms. The molecule has 0 unspecified atom stereocenters. The van der Waals surface area contributed by atoms with E-state index in [-0.39, 0.29) is 11.9 Å². The smallest absolute Gasteiger partial charge is 0.255 e. The summed E-state index contributed by atoms with van der Waals surface area (Å²) in [4.78, 5) is 17.4. The number of nitrogens with zero attached hydrogens (tertiary/aromatic N) is 3. The van der Waals surface area contributed by atoms with Gasteiger partial charge in [0.05, 0.1) is 25.4 Å². The maximum absolute atomic E-state index is 12.9. The van der Waals surface area contributed by atoms with Gasteiger partial charge in [0.2, 0.25) is 0 Å². The molecule has 2 heterocycles. The zero-order valence-electron chi connectivity index (χ0n) is 16.1. The average molecular weight is 378 g/mol. The van der Waals surface area contributed by atoms with Crippen LogP contribution in [0.25, 0.3) is 0 Å². The van der Waals surface area contributed by atoms with Crippen molar-refractivity contribution in [2.24, 2.45) is 0 Å². The van der Waals surface area contributed by atoms with Gasteiger partial charge < -0.3 is 15.1 Å². The van der Waals surface area contributed by atoms with E-state index in [1.165, 1.54) is 0 Å². The fourth-order valence-electron chi connectivity index (χ4n) is 3.82. The first kappa shape index (κ1) is 18.4. The summed E-state index contributed by atoms with van der Waals surface area (Å²) in [5.41, 5.74) is 5.32. The molecule has 0 aliphatic carbocycles. The van der Waals surface area contributed by atoms with Crippen molar-refractivity contribution in [2.45, 2.75) is 6.04 Å². The van der Waals surface area contributed by atoms with Crippen molar-refractivity contribution < 1.29 is 9.53 Å². The number of piperazine rings is 1. The lowest BCUT2D eigenvalue weighted by molar-refractivity contribution is -0.136. The highest BCUT2D eigenvalue weighted by Crippen LogP contribution is 2.28. The second-order valence-electron chi connectivity index (χ2n) is 7.04. The van der Waals surface area contributed by atoms with Crippen LogP contribution in [0.4, 0.5) is 5.69 Å². The molecule has 2 aromatic rings. The van der Waals surface area contributed by atoms with Crippen LogP contribution in [0.5, 0.6) is 5.75 Å². The van der Waals surface area contributed by atoms with Gasteiger partial charge in [-0.1, -0.05) is 42.5 Å². The third-order valence-corrected chi connectivity index (χ3v) is 5.34. The minimum absolute atomic E-state index is 0.0523. The Kier molecular flexibility index (Phi) is 5.48. The summed E-state index contributed by atoms with van der Waals surface area (Å²) in [5.74, 6) is 0.981. The molecule has 1 N–H and O–H groups in total. The number of amides is 1. The lowest BCUT2D eigenvalue weighted by Crippen LogP contribution is -2.51. The number of hydrazine groups is 1. The Balaban J connectivity index is 1.34. The fraction of sp³-hybridized carbons (Fsp3) is 0.318. The maximum Gasteiger partial charge on any atom is 0.255 e. The molecule has 6 nitrogen and oxygen atoms in total. The number of ether oxygens (including phenoxy) is 1.